The molecule has 7 heteroatoms. The standard InChI is InChI=1S/C21H27N3O3S/c1-16(2)27-18-7-5-17(6-8-18)21(26)24-13-11-23(12-14-24)10-9-22-20(25)19-4-3-15-28-19/h3-8,15-16H,9-14H2,1-2H3,(H,22,25). The highest BCUT2D eigenvalue weighted by atomic mass is 32.1. The molecule has 0 atom stereocenters. The van der Waals surface area contributed by atoms with E-state index in [4.69, 9.17) is 4.74 Å². The third-order valence-corrected chi connectivity index (χ3v) is 5.46. The van der Waals surface area contributed by atoms with E-state index in [0.717, 1.165) is 30.3 Å². The molecule has 2 heterocycles. The average Bonchev–Trinajstić information content (AvgIpc) is 3.23. The number of benzene rings is 1. The molecule has 1 N–H and O–H groups in total. The van der Waals surface area contributed by atoms with Crippen LogP contribution in [-0.2, 0) is 0 Å². The van der Waals surface area contributed by atoms with Crippen LogP contribution >= 0.6 is 11.3 Å². The molecule has 28 heavy (non-hydrogen) atoms. The van der Waals surface area contributed by atoms with Gasteiger partial charge in [-0.3, -0.25) is 14.5 Å². The van der Waals surface area contributed by atoms with Crippen LogP contribution in [0.5, 0.6) is 5.75 Å². The third-order valence-electron chi connectivity index (χ3n) is 4.59. The minimum absolute atomic E-state index is 0.0197. The van der Waals surface area contributed by atoms with Crippen LogP contribution in [0.4, 0.5) is 0 Å². The van der Waals surface area contributed by atoms with Crippen molar-refractivity contribution in [1.29, 1.82) is 0 Å². The van der Waals surface area contributed by atoms with Crippen molar-refractivity contribution in [2.24, 2.45) is 0 Å². The van der Waals surface area contributed by atoms with E-state index >= 15 is 0 Å². The molecule has 2 aromatic rings. The summed E-state index contributed by atoms with van der Waals surface area (Å²) < 4.78 is 5.63. The van der Waals surface area contributed by atoms with Gasteiger partial charge in [0.15, 0.2) is 0 Å². The fraction of sp³-hybridized carbons (Fsp3) is 0.429. The summed E-state index contributed by atoms with van der Waals surface area (Å²) in [6, 6.07) is 11.0. The Morgan fingerprint density at radius 2 is 1.82 bits per heavy atom. The predicted octanol–water partition coefficient (Wildman–Crippen LogP) is 2.72. The molecule has 0 aliphatic carbocycles. The van der Waals surface area contributed by atoms with Crippen LogP contribution in [0.25, 0.3) is 0 Å². The fourth-order valence-electron chi connectivity index (χ4n) is 3.13. The first kappa shape index (κ1) is 20.4. The lowest BCUT2D eigenvalue weighted by molar-refractivity contribution is 0.0638. The van der Waals surface area contributed by atoms with Gasteiger partial charge >= 0.3 is 0 Å². The SMILES string of the molecule is CC(C)Oc1ccc(C(=O)N2CCN(CCNC(=O)c3cccs3)CC2)cc1. The summed E-state index contributed by atoms with van der Waals surface area (Å²) in [7, 11) is 0. The summed E-state index contributed by atoms with van der Waals surface area (Å²) in [6.45, 7) is 8.38. The van der Waals surface area contributed by atoms with Gasteiger partial charge < -0.3 is 15.0 Å². The summed E-state index contributed by atoms with van der Waals surface area (Å²) >= 11 is 1.44. The van der Waals surface area contributed by atoms with Gasteiger partial charge in [0.1, 0.15) is 5.75 Å². The number of rotatable bonds is 7. The molecule has 1 aliphatic rings. The lowest BCUT2D eigenvalue weighted by atomic mass is 10.1. The van der Waals surface area contributed by atoms with Crippen LogP contribution in [0.15, 0.2) is 41.8 Å². The van der Waals surface area contributed by atoms with Crippen molar-refractivity contribution >= 4 is 23.2 Å². The van der Waals surface area contributed by atoms with Gasteiger partial charge in [-0.15, -0.1) is 11.3 Å². The zero-order chi connectivity index (χ0) is 19.9. The highest BCUT2D eigenvalue weighted by Gasteiger charge is 2.22. The lowest BCUT2D eigenvalue weighted by Gasteiger charge is -2.34. The Morgan fingerprint density at radius 1 is 1.11 bits per heavy atom. The zero-order valence-corrected chi connectivity index (χ0v) is 17.2. The number of hydrogen-bond donors (Lipinski definition) is 1. The van der Waals surface area contributed by atoms with Crippen LogP contribution < -0.4 is 10.1 Å². The fourth-order valence-corrected chi connectivity index (χ4v) is 3.77. The van der Waals surface area contributed by atoms with Gasteiger partial charge in [-0.1, -0.05) is 6.07 Å². The van der Waals surface area contributed by atoms with E-state index in [0.29, 0.717) is 25.2 Å². The van der Waals surface area contributed by atoms with Gasteiger partial charge in [-0.25, -0.2) is 0 Å². The van der Waals surface area contributed by atoms with Crippen molar-refractivity contribution in [3.8, 4) is 5.75 Å². The Kier molecular flexibility index (Phi) is 7.06. The van der Waals surface area contributed by atoms with Crippen molar-refractivity contribution in [3.05, 3.63) is 52.2 Å². The largest absolute Gasteiger partial charge is 0.491 e. The molecule has 150 valence electrons. The van der Waals surface area contributed by atoms with E-state index in [9.17, 15) is 9.59 Å². The van der Waals surface area contributed by atoms with Gasteiger partial charge in [0.05, 0.1) is 11.0 Å². The van der Waals surface area contributed by atoms with Crippen LogP contribution in [0.2, 0.25) is 0 Å². The predicted molar refractivity (Wildman–Crippen MR) is 111 cm³/mol. The van der Waals surface area contributed by atoms with Crippen molar-refractivity contribution in [1.82, 2.24) is 15.1 Å². The van der Waals surface area contributed by atoms with Crippen LogP contribution in [0, 0.1) is 0 Å². The Labute approximate surface area is 170 Å². The van der Waals surface area contributed by atoms with Crippen molar-refractivity contribution < 1.29 is 14.3 Å². The molecule has 1 aliphatic heterocycles. The lowest BCUT2D eigenvalue weighted by Crippen LogP contribution is -2.50. The molecule has 1 aromatic heterocycles. The molecule has 0 unspecified atom stereocenters. The van der Waals surface area contributed by atoms with E-state index in [1.165, 1.54) is 11.3 Å². The topological polar surface area (TPSA) is 61.9 Å². The van der Waals surface area contributed by atoms with E-state index in [-0.39, 0.29) is 17.9 Å². The summed E-state index contributed by atoms with van der Waals surface area (Å²) in [5.41, 5.74) is 0.688. The van der Waals surface area contributed by atoms with E-state index < -0.39 is 0 Å². The maximum Gasteiger partial charge on any atom is 0.261 e. The minimum atomic E-state index is -0.0197. The Hall–Kier alpha value is -2.38. The number of carbonyl (C=O) groups is 2. The van der Waals surface area contributed by atoms with Crippen molar-refractivity contribution in [2.45, 2.75) is 20.0 Å². The minimum Gasteiger partial charge on any atom is -0.491 e. The number of thiophene rings is 1. The molecule has 1 aromatic carbocycles. The Morgan fingerprint density at radius 3 is 2.43 bits per heavy atom. The molecule has 1 fully saturated rings. The number of amides is 2. The highest BCUT2D eigenvalue weighted by Crippen LogP contribution is 2.16. The first-order valence-electron chi connectivity index (χ1n) is 9.63. The summed E-state index contributed by atoms with van der Waals surface area (Å²) in [5, 5.41) is 4.85. The number of hydrogen-bond acceptors (Lipinski definition) is 5. The van der Waals surface area contributed by atoms with E-state index in [1.807, 2.05) is 60.5 Å². The third kappa shape index (κ3) is 5.56. The van der Waals surface area contributed by atoms with Gasteiger partial charge in [0, 0.05) is 44.8 Å². The average molecular weight is 402 g/mol. The maximum absolute atomic E-state index is 12.7. The Bertz CT molecular complexity index is 767. The second-order valence-electron chi connectivity index (χ2n) is 7.06. The van der Waals surface area contributed by atoms with Crippen molar-refractivity contribution in [2.75, 3.05) is 39.3 Å². The second-order valence-corrected chi connectivity index (χ2v) is 8.01. The van der Waals surface area contributed by atoms with Crippen molar-refractivity contribution in [3.63, 3.8) is 0 Å². The number of ether oxygens (including phenoxy) is 1. The Balaban J connectivity index is 1.40. The smallest absolute Gasteiger partial charge is 0.261 e. The van der Waals surface area contributed by atoms with Gasteiger partial charge in [0.2, 0.25) is 0 Å². The number of piperazine rings is 1. The molecule has 6 nitrogen and oxygen atoms in total. The molecule has 2 amide bonds. The zero-order valence-electron chi connectivity index (χ0n) is 16.4. The number of nitrogens with zero attached hydrogens (tertiary/aromatic N) is 2. The molecule has 0 bridgehead atoms. The molecular weight excluding hydrogens is 374 g/mol. The van der Waals surface area contributed by atoms with Gasteiger partial charge in [-0.05, 0) is 49.6 Å². The monoisotopic (exact) mass is 401 g/mol. The first-order chi connectivity index (χ1) is 13.5. The van der Waals surface area contributed by atoms with E-state index in [1.54, 1.807) is 0 Å². The highest BCUT2D eigenvalue weighted by molar-refractivity contribution is 7.12. The van der Waals surface area contributed by atoms with Crippen LogP contribution in [-0.4, -0.2) is 67.0 Å². The summed E-state index contributed by atoms with van der Waals surface area (Å²) in [4.78, 5) is 29.5. The molecule has 1 saturated heterocycles. The molecule has 0 radical (unpaired) electrons. The summed E-state index contributed by atoms with van der Waals surface area (Å²) in [6.07, 6.45) is 0.115. The van der Waals surface area contributed by atoms with Crippen LogP contribution in [0.1, 0.15) is 33.9 Å². The molecule has 3 rings (SSSR count). The molecule has 0 spiro atoms. The number of carbonyl (C=O) groups excluding carboxylic acids is 2. The maximum atomic E-state index is 12.7. The summed E-state index contributed by atoms with van der Waals surface area (Å²) in [5.74, 6) is 0.816. The second kappa shape index (κ2) is 9.71. The van der Waals surface area contributed by atoms with Gasteiger partial charge in [0.25, 0.3) is 11.8 Å². The number of nitrogens with one attached hydrogen (secondary N) is 1. The van der Waals surface area contributed by atoms with Crippen LogP contribution in [0.3, 0.4) is 0 Å². The van der Waals surface area contributed by atoms with Gasteiger partial charge in [-0.2, -0.15) is 0 Å². The molecular formula is C21H27N3O3S. The molecule has 0 saturated carbocycles. The first-order valence-corrected chi connectivity index (χ1v) is 10.5. The quantitative estimate of drug-likeness (QED) is 0.775. The van der Waals surface area contributed by atoms with E-state index in [2.05, 4.69) is 10.2 Å². The normalized spacial score (nSPS) is 14.9.